The van der Waals surface area contributed by atoms with Crippen molar-refractivity contribution < 1.29 is 0 Å². The van der Waals surface area contributed by atoms with Gasteiger partial charge >= 0.3 is 0 Å². The third-order valence-corrected chi connectivity index (χ3v) is 10.8. The van der Waals surface area contributed by atoms with Gasteiger partial charge in [0.05, 0.1) is 6.04 Å². The van der Waals surface area contributed by atoms with Crippen LogP contribution in [0.5, 0.6) is 0 Å². The lowest BCUT2D eigenvalue weighted by molar-refractivity contribution is 0.687. The van der Waals surface area contributed by atoms with Crippen molar-refractivity contribution >= 4 is 40.4 Å². The molecule has 1 N–H and O–H groups in total. The molecule has 42 heavy (non-hydrogen) atoms. The Morgan fingerprint density at radius 1 is 0.619 bits per heavy atom. The fourth-order valence-corrected chi connectivity index (χ4v) is 8.76. The topological polar surface area (TPSA) is 37.8 Å². The van der Waals surface area contributed by atoms with Gasteiger partial charge in [-0.05, 0) is 73.1 Å². The Hall–Kier alpha value is -4.33. The molecule has 4 heteroatoms. The Labute approximate surface area is 249 Å². The van der Waals surface area contributed by atoms with Crippen LogP contribution in [0.1, 0.15) is 42.5 Å². The van der Waals surface area contributed by atoms with Crippen LogP contribution in [-0.4, -0.2) is 10.2 Å². The van der Waals surface area contributed by atoms with E-state index in [0.717, 1.165) is 35.1 Å². The van der Waals surface area contributed by atoms with Gasteiger partial charge in [-0.3, -0.25) is 0 Å². The number of aromatic nitrogens is 2. The van der Waals surface area contributed by atoms with Gasteiger partial charge in [-0.15, -0.1) is 10.2 Å². The summed E-state index contributed by atoms with van der Waals surface area (Å²) in [6, 6.07) is 46.0. The van der Waals surface area contributed by atoms with Crippen molar-refractivity contribution in [3.63, 3.8) is 0 Å². The third kappa shape index (κ3) is 5.10. The molecule has 0 saturated heterocycles. The molecule has 7 rings (SSSR count). The second kappa shape index (κ2) is 11.9. The number of nitrogens with one attached hydrogen (secondary N) is 1. The predicted octanol–water partition coefficient (Wildman–Crippen LogP) is 8.11. The second-order valence-corrected chi connectivity index (χ2v) is 13.2. The Balaban J connectivity index is 1.44. The maximum absolute atomic E-state index is 5.06. The Morgan fingerprint density at radius 3 is 1.90 bits per heavy atom. The summed E-state index contributed by atoms with van der Waals surface area (Å²) in [4.78, 5) is 0. The fourth-order valence-electron chi connectivity index (χ4n) is 6.27. The lowest BCUT2D eigenvalue weighted by Gasteiger charge is -2.28. The molecule has 0 fully saturated rings. The van der Waals surface area contributed by atoms with E-state index in [4.69, 9.17) is 10.2 Å². The van der Waals surface area contributed by atoms with Crippen LogP contribution < -0.4 is 21.2 Å². The average molecular weight is 564 g/mol. The van der Waals surface area contributed by atoms with Crippen molar-refractivity contribution in [2.45, 2.75) is 38.6 Å². The van der Waals surface area contributed by atoms with Crippen molar-refractivity contribution in [2.24, 2.45) is 0 Å². The van der Waals surface area contributed by atoms with Crippen LogP contribution in [0.3, 0.4) is 0 Å². The molecule has 3 nitrogen and oxygen atoms in total. The van der Waals surface area contributed by atoms with Gasteiger partial charge in [0.2, 0.25) is 0 Å². The van der Waals surface area contributed by atoms with E-state index in [2.05, 4.69) is 140 Å². The van der Waals surface area contributed by atoms with Crippen molar-refractivity contribution in [1.82, 2.24) is 10.2 Å². The first-order valence-corrected chi connectivity index (χ1v) is 16.2. The summed E-state index contributed by atoms with van der Waals surface area (Å²) in [5.74, 6) is 0.824. The van der Waals surface area contributed by atoms with Crippen LogP contribution in [0.15, 0.2) is 127 Å². The number of aryl methyl sites for hydroxylation is 1. The minimum Gasteiger partial charge on any atom is -0.362 e. The quantitative estimate of drug-likeness (QED) is 0.199. The minimum atomic E-state index is -0.796. The number of fused-ring (bicyclic) bond motifs is 2. The molecule has 1 aromatic heterocycles. The molecule has 0 spiro atoms. The molecule has 1 aliphatic carbocycles. The van der Waals surface area contributed by atoms with E-state index < -0.39 is 7.92 Å². The highest BCUT2D eigenvalue weighted by Crippen LogP contribution is 2.42. The molecule has 0 bridgehead atoms. The largest absolute Gasteiger partial charge is 0.362 e. The standard InChI is InChI=1S/C38H34N3P/c1-27(28-15-5-2-6-16-28)39-38-34-24-14-13-23-33(34)37(40-41-38)36-32-22-12-11-17-29(32)25-26-35(36)42(30-18-7-3-8-19-30)31-20-9-4-10-21-31/h2-10,13-16,18-21,23-27H,11-12,17,22H2,1H3,(H,39,41)/t27-/m1/s1. The number of anilines is 1. The van der Waals surface area contributed by atoms with E-state index in [1.54, 1.807) is 0 Å². The monoisotopic (exact) mass is 563 g/mol. The molecule has 1 aliphatic rings. The smallest absolute Gasteiger partial charge is 0.157 e. The number of benzene rings is 5. The van der Waals surface area contributed by atoms with Gasteiger partial charge in [0.1, 0.15) is 5.69 Å². The highest BCUT2D eigenvalue weighted by molar-refractivity contribution is 7.80. The predicted molar refractivity (Wildman–Crippen MR) is 179 cm³/mol. The lowest BCUT2D eigenvalue weighted by Crippen LogP contribution is -2.24. The van der Waals surface area contributed by atoms with Gasteiger partial charge < -0.3 is 5.32 Å². The number of nitrogens with zero attached hydrogens (tertiary/aromatic N) is 2. The highest BCUT2D eigenvalue weighted by atomic mass is 31.1. The van der Waals surface area contributed by atoms with E-state index in [9.17, 15) is 0 Å². The maximum Gasteiger partial charge on any atom is 0.157 e. The first-order chi connectivity index (χ1) is 20.8. The van der Waals surface area contributed by atoms with Crippen molar-refractivity contribution in [2.75, 3.05) is 5.32 Å². The summed E-state index contributed by atoms with van der Waals surface area (Å²) in [5.41, 5.74) is 6.43. The Kier molecular flexibility index (Phi) is 7.51. The molecule has 0 saturated carbocycles. The summed E-state index contributed by atoms with van der Waals surface area (Å²) >= 11 is 0. The van der Waals surface area contributed by atoms with Crippen molar-refractivity contribution in [3.05, 3.63) is 144 Å². The molecule has 0 aliphatic heterocycles. The summed E-state index contributed by atoms with van der Waals surface area (Å²) in [6.45, 7) is 2.18. The first kappa shape index (κ1) is 26.6. The Bertz CT molecular complexity index is 1780. The zero-order valence-corrected chi connectivity index (χ0v) is 24.8. The number of rotatable bonds is 7. The highest BCUT2D eigenvalue weighted by Gasteiger charge is 2.27. The van der Waals surface area contributed by atoms with E-state index in [1.165, 1.54) is 51.0 Å². The molecular weight excluding hydrogens is 529 g/mol. The lowest BCUT2D eigenvalue weighted by atomic mass is 9.86. The normalized spacial score (nSPS) is 13.6. The molecule has 1 atom stereocenters. The summed E-state index contributed by atoms with van der Waals surface area (Å²) < 4.78 is 0. The third-order valence-electron chi connectivity index (χ3n) is 8.36. The minimum absolute atomic E-state index is 0.110. The van der Waals surface area contributed by atoms with E-state index in [0.29, 0.717) is 0 Å². The van der Waals surface area contributed by atoms with Crippen LogP contribution in [0.25, 0.3) is 22.0 Å². The van der Waals surface area contributed by atoms with Crippen LogP contribution in [0.2, 0.25) is 0 Å². The Morgan fingerprint density at radius 2 is 1.21 bits per heavy atom. The van der Waals surface area contributed by atoms with Crippen LogP contribution in [0, 0.1) is 0 Å². The zero-order valence-electron chi connectivity index (χ0n) is 23.9. The van der Waals surface area contributed by atoms with Crippen LogP contribution in [0.4, 0.5) is 5.82 Å². The van der Waals surface area contributed by atoms with Crippen molar-refractivity contribution in [1.29, 1.82) is 0 Å². The van der Waals surface area contributed by atoms with E-state index in [1.807, 2.05) is 0 Å². The van der Waals surface area contributed by atoms with Gasteiger partial charge in [-0.2, -0.15) is 0 Å². The number of hydrogen-bond donors (Lipinski definition) is 1. The zero-order chi connectivity index (χ0) is 28.3. The first-order valence-electron chi connectivity index (χ1n) is 14.9. The molecule has 0 unspecified atom stereocenters. The molecule has 1 heterocycles. The fraction of sp³-hybridized carbons (Fsp3) is 0.158. The molecule has 6 aromatic rings. The van der Waals surface area contributed by atoms with Crippen LogP contribution >= 0.6 is 7.92 Å². The number of hydrogen-bond acceptors (Lipinski definition) is 3. The summed E-state index contributed by atoms with van der Waals surface area (Å²) in [5, 5.41) is 19.9. The van der Waals surface area contributed by atoms with Gasteiger partial charge in [0, 0.05) is 16.3 Å². The van der Waals surface area contributed by atoms with Crippen molar-refractivity contribution in [3.8, 4) is 11.3 Å². The SMILES string of the molecule is C[C@@H](Nc1nnc(-c2c(P(c3ccccc3)c3ccccc3)ccc3c2CCCC3)c2ccccc12)c1ccccc1. The van der Waals surface area contributed by atoms with Gasteiger partial charge in [0.25, 0.3) is 0 Å². The molecule has 0 radical (unpaired) electrons. The molecule has 206 valence electrons. The second-order valence-electron chi connectivity index (χ2n) is 11.0. The van der Waals surface area contributed by atoms with Crippen LogP contribution in [-0.2, 0) is 12.8 Å². The summed E-state index contributed by atoms with van der Waals surface area (Å²) in [6.07, 6.45) is 4.64. The van der Waals surface area contributed by atoms with Gasteiger partial charge in [0.15, 0.2) is 5.82 Å². The van der Waals surface area contributed by atoms with E-state index in [-0.39, 0.29) is 6.04 Å². The summed E-state index contributed by atoms with van der Waals surface area (Å²) in [7, 11) is -0.796. The molecule has 0 amide bonds. The molecular formula is C38H34N3P. The van der Waals surface area contributed by atoms with Gasteiger partial charge in [-0.1, -0.05) is 127 Å². The molecule has 5 aromatic carbocycles. The maximum atomic E-state index is 5.06. The average Bonchev–Trinajstić information content (AvgIpc) is 3.06. The van der Waals surface area contributed by atoms with E-state index >= 15 is 0 Å². The van der Waals surface area contributed by atoms with Gasteiger partial charge in [-0.25, -0.2) is 0 Å².